The standard InChI is InChI=1S/C13H23ClN2O2/c1-5-10-12(14)11(16(6-2)15-10)9-13(3,17)7-8-18-4/h17H,5-9H2,1-4H3. The summed E-state index contributed by atoms with van der Waals surface area (Å²) in [6, 6.07) is 0. The van der Waals surface area contributed by atoms with Crippen LogP contribution in [-0.2, 0) is 24.1 Å². The molecule has 1 unspecified atom stereocenters. The maximum atomic E-state index is 10.3. The third-order valence-electron chi connectivity index (χ3n) is 3.09. The van der Waals surface area contributed by atoms with Crippen molar-refractivity contribution in [3.8, 4) is 0 Å². The average molecular weight is 275 g/mol. The fourth-order valence-corrected chi connectivity index (χ4v) is 2.29. The molecule has 18 heavy (non-hydrogen) atoms. The molecule has 1 atom stereocenters. The van der Waals surface area contributed by atoms with Crippen molar-refractivity contribution < 1.29 is 9.84 Å². The maximum Gasteiger partial charge on any atom is 0.0850 e. The highest BCUT2D eigenvalue weighted by atomic mass is 35.5. The van der Waals surface area contributed by atoms with E-state index in [-0.39, 0.29) is 0 Å². The summed E-state index contributed by atoms with van der Waals surface area (Å²) in [4.78, 5) is 0. The van der Waals surface area contributed by atoms with Crippen molar-refractivity contribution >= 4 is 11.6 Å². The quantitative estimate of drug-likeness (QED) is 0.831. The van der Waals surface area contributed by atoms with Gasteiger partial charge in [-0.15, -0.1) is 0 Å². The number of hydrogen-bond donors (Lipinski definition) is 1. The predicted octanol–water partition coefficient (Wildman–Crippen LogP) is 2.45. The minimum Gasteiger partial charge on any atom is -0.390 e. The summed E-state index contributed by atoms with van der Waals surface area (Å²) in [5.41, 5.74) is 0.991. The first-order chi connectivity index (χ1) is 8.45. The summed E-state index contributed by atoms with van der Waals surface area (Å²) in [7, 11) is 1.63. The van der Waals surface area contributed by atoms with E-state index in [0.29, 0.717) is 24.5 Å². The van der Waals surface area contributed by atoms with Crippen LogP contribution in [0.25, 0.3) is 0 Å². The minimum absolute atomic E-state index is 0.496. The molecule has 1 aromatic heterocycles. The van der Waals surface area contributed by atoms with Crippen LogP contribution in [0.3, 0.4) is 0 Å². The fraction of sp³-hybridized carbons (Fsp3) is 0.769. The van der Waals surface area contributed by atoms with E-state index in [2.05, 4.69) is 5.10 Å². The van der Waals surface area contributed by atoms with E-state index in [1.54, 1.807) is 14.0 Å². The molecule has 1 aromatic rings. The van der Waals surface area contributed by atoms with Gasteiger partial charge in [0.25, 0.3) is 0 Å². The molecule has 0 saturated heterocycles. The molecule has 0 aliphatic heterocycles. The van der Waals surface area contributed by atoms with Crippen molar-refractivity contribution in [1.82, 2.24) is 9.78 Å². The van der Waals surface area contributed by atoms with Gasteiger partial charge < -0.3 is 9.84 Å². The van der Waals surface area contributed by atoms with Crippen LogP contribution in [-0.4, -0.2) is 34.2 Å². The molecule has 0 bridgehead atoms. The van der Waals surface area contributed by atoms with Crippen molar-refractivity contribution in [3.05, 3.63) is 16.4 Å². The summed E-state index contributed by atoms with van der Waals surface area (Å²) in [5.74, 6) is 0. The zero-order valence-corrected chi connectivity index (χ0v) is 12.4. The molecule has 0 amide bonds. The smallest absolute Gasteiger partial charge is 0.0850 e. The van der Waals surface area contributed by atoms with E-state index in [1.807, 2.05) is 18.5 Å². The van der Waals surface area contributed by atoms with Gasteiger partial charge in [0.1, 0.15) is 0 Å². The van der Waals surface area contributed by atoms with Gasteiger partial charge in [0, 0.05) is 26.7 Å². The molecule has 0 aromatic carbocycles. The van der Waals surface area contributed by atoms with Gasteiger partial charge in [-0.25, -0.2) is 0 Å². The Balaban J connectivity index is 2.91. The first-order valence-corrected chi connectivity index (χ1v) is 6.78. The Labute approximate surface area is 114 Å². The number of ether oxygens (including phenoxy) is 1. The van der Waals surface area contributed by atoms with Crippen LogP contribution in [0.1, 0.15) is 38.6 Å². The number of aliphatic hydroxyl groups is 1. The molecule has 0 fully saturated rings. The lowest BCUT2D eigenvalue weighted by atomic mass is 9.96. The van der Waals surface area contributed by atoms with Crippen LogP contribution in [0.2, 0.25) is 5.02 Å². The van der Waals surface area contributed by atoms with Crippen LogP contribution in [0.4, 0.5) is 0 Å². The maximum absolute atomic E-state index is 10.3. The third kappa shape index (κ3) is 3.70. The Hall–Kier alpha value is -0.580. The molecule has 5 heteroatoms. The van der Waals surface area contributed by atoms with Gasteiger partial charge in [-0.3, -0.25) is 4.68 Å². The lowest BCUT2D eigenvalue weighted by molar-refractivity contribution is 0.0233. The minimum atomic E-state index is -0.822. The second-order valence-electron chi connectivity index (χ2n) is 4.79. The van der Waals surface area contributed by atoms with Crippen molar-refractivity contribution in [2.24, 2.45) is 0 Å². The van der Waals surface area contributed by atoms with Crippen LogP contribution >= 0.6 is 11.6 Å². The topological polar surface area (TPSA) is 47.3 Å². The molecule has 0 aliphatic rings. The Morgan fingerprint density at radius 3 is 2.61 bits per heavy atom. The van der Waals surface area contributed by atoms with Crippen LogP contribution < -0.4 is 0 Å². The summed E-state index contributed by atoms with van der Waals surface area (Å²) in [6.45, 7) is 7.15. The fourth-order valence-electron chi connectivity index (χ4n) is 1.96. The Morgan fingerprint density at radius 2 is 2.11 bits per heavy atom. The molecular weight excluding hydrogens is 252 g/mol. The van der Waals surface area contributed by atoms with Crippen molar-refractivity contribution in [2.75, 3.05) is 13.7 Å². The van der Waals surface area contributed by atoms with E-state index in [4.69, 9.17) is 16.3 Å². The molecule has 0 aliphatic carbocycles. The highest BCUT2D eigenvalue weighted by molar-refractivity contribution is 6.31. The predicted molar refractivity (Wildman–Crippen MR) is 73.1 cm³/mol. The molecule has 104 valence electrons. The first-order valence-electron chi connectivity index (χ1n) is 6.40. The zero-order valence-electron chi connectivity index (χ0n) is 11.7. The molecule has 1 N–H and O–H groups in total. The van der Waals surface area contributed by atoms with Crippen LogP contribution in [0.15, 0.2) is 0 Å². The molecule has 1 rings (SSSR count). The second kappa shape index (κ2) is 6.55. The van der Waals surface area contributed by atoms with Crippen LogP contribution in [0, 0.1) is 0 Å². The first kappa shape index (κ1) is 15.5. The van der Waals surface area contributed by atoms with E-state index in [9.17, 15) is 5.11 Å². The van der Waals surface area contributed by atoms with Crippen molar-refractivity contribution in [1.29, 1.82) is 0 Å². The van der Waals surface area contributed by atoms with E-state index in [0.717, 1.165) is 24.4 Å². The van der Waals surface area contributed by atoms with E-state index in [1.165, 1.54) is 0 Å². The highest BCUT2D eigenvalue weighted by Gasteiger charge is 2.25. The van der Waals surface area contributed by atoms with Gasteiger partial charge in [-0.2, -0.15) is 5.10 Å². The molecule has 0 spiro atoms. The normalized spacial score (nSPS) is 14.8. The number of aryl methyl sites for hydroxylation is 2. The van der Waals surface area contributed by atoms with E-state index >= 15 is 0 Å². The summed E-state index contributed by atoms with van der Waals surface area (Å²) in [5, 5.41) is 15.5. The molecule has 0 saturated carbocycles. The summed E-state index contributed by atoms with van der Waals surface area (Å²) >= 11 is 6.32. The zero-order chi connectivity index (χ0) is 13.8. The third-order valence-corrected chi connectivity index (χ3v) is 3.52. The van der Waals surface area contributed by atoms with E-state index < -0.39 is 5.60 Å². The van der Waals surface area contributed by atoms with Gasteiger partial charge in [0.2, 0.25) is 0 Å². The monoisotopic (exact) mass is 274 g/mol. The van der Waals surface area contributed by atoms with Gasteiger partial charge in [0.15, 0.2) is 0 Å². The van der Waals surface area contributed by atoms with Gasteiger partial charge in [0.05, 0.1) is 22.0 Å². The lowest BCUT2D eigenvalue weighted by Gasteiger charge is -2.23. The summed E-state index contributed by atoms with van der Waals surface area (Å²) < 4.78 is 6.89. The number of hydrogen-bond acceptors (Lipinski definition) is 3. The molecular formula is C13H23ClN2O2. The average Bonchev–Trinajstić information content (AvgIpc) is 2.63. The largest absolute Gasteiger partial charge is 0.390 e. The Kier molecular flexibility index (Phi) is 5.63. The number of nitrogens with zero attached hydrogens (tertiary/aromatic N) is 2. The highest BCUT2D eigenvalue weighted by Crippen LogP contribution is 2.26. The SMILES string of the molecule is CCc1nn(CC)c(CC(C)(O)CCOC)c1Cl. The van der Waals surface area contributed by atoms with Crippen LogP contribution in [0.5, 0.6) is 0 Å². The second-order valence-corrected chi connectivity index (χ2v) is 5.17. The Bertz CT molecular complexity index is 389. The molecule has 4 nitrogen and oxygen atoms in total. The number of rotatable bonds is 7. The summed E-state index contributed by atoms with van der Waals surface area (Å²) in [6.07, 6.45) is 1.88. The van der Waals surface area contributed by atoms with Gasteiger partial charge in [-0.1, -0.05) is 18.5 Å². The molecule has 1 heterocycles. The number of aromatic nitrogens is 2. The Morgan fingerprint density at radius 1 is 1.44 bits per heavy atom. The number of methoxy groups -OCH3 is 1. The van der Waals surface area contributed by atoms with Gasteiger partial charge in [-0.05, 0) is 26.7 Å². The van der Waals surface area contributed by atoms with Gasteiger partial charge >= 0.3 is 0 Å². The van der Waals surface area contributed by atoms with Crippen molar-refractivity contribution in [2.45, 2.75) is 52.2 Å². The number of halogens is 1. The van der Waals surface area contributed by atoms with Crippen molar-refractivity contribution in [3.63, 3.8) is 0 Å². The lowest BCUT2D eigenvalue weighted by Crippen LogP contribution is -2.30. The molecule has 0 radical (unpaired) electrons.